The van der Waals surface area contributed by atoms with Gasteiger partial charge in [-0.15, -0.1) is 0 Å². The van der Waals surface area contributed by atoms with Crippen LogP contribution in [0.4, 0.5) is 0 Å². The van der Waals surface area contributed by atoms with Crippen LogP contribution in [0.3, 0.4) is 0 Å². The molecule has 3 rings (SSSR count). The van der Waals surface area contributed by atoms with Crippen LogP contribution in [0.25, 0.3) is 0 Å². The molecule has 5 heteroatoms. The highest BCUT2D eigenvalue weighted by molar-refractivity contribution is 5.94. The summed E-state index contributed by atoms with van der Waals surface area (Å²) in [5.74, 6) is -0.457. The Kier molecular flexibility index (Phi) is 2.49. The van der Waals surface area contributed by atoms with Gasteiger partial charge in [-0.05, 0) is 31.9 Å². The van der Waals surface area contributed by atoms with E-state index in [0.717, 1.165) is 0 Å². The fraction of sp³-hybridized carbons (Fsp3) is 0.533. The van der Waals surface area contributed by atoms with Gasteiger partial charge in [-0.3, -0.25) is 9.78 Å². The number of ether oxygens (including phenoxy) is 2. The van der Waals surface area contributed by atoms with Crippen LogP contribution in [0.15, 0.2) is 24.5 Å². The van der Waals surface area contributed by atoms with Gasteiger partial charge in [-0.25, -0.2) is 4.79 Å². The number of hydrogen-bond donors (Lipinski definition) is 0. The second-order valence-electron chi connectivity index (χ2n) is 6.25. The third kappa shape index (κ3) is 1.35. The Hall–Kier alpha value is -1.91. The predicted octanol–water partition coefficient (Wildman–Crippen LogP) is 2.11. The summed E-state index contributed by atoms with van der Waals surface area (Å²) in [4.78, 5) is 28.6. The summed E-state index contributed by atoms with van der Waals surface area (Å²) in [5.41, 5.74) is -2.40. The molecule has 2 aliphatic rings. The minimum Gasteiger partial charge on any atom is -0.446 e. The van der Waals surface area contributed by atoms with Crippen molar-refractivity contribution in [2.45, 2.75) is 39.2 Å². The van der Waals surface area contributed by atoms with Gasteiger partial charge in [0, 0.05) is 11.6 Å². The van der Waals surface area contributed by atoms with Crippen molar-refractivity contribution in [1.82, 2.24) is 4.98 Å². The first-order valence-corrected chi connectivity index (χ1v) is 6.69. The number of rotatable bonds is 2. The van der Waals surface area contributed by atoms with Gasteiger partial charge in [-0.2, -0.15) is 0 Å². The molecule has 106 valence electrons. The van der Waals surface area contributed by atoms with E-state index in [1.165, 1.54) is 6.20 Å². The molecule has 1 aromatic heterocycles. The monoisotopic (exact) mass is 275 g/mol. The minimum absolute atomic E-state index is 0.308. The zero-order chi connectivity index (χ0) is 14.6. The van der Waals surface area contributed by atoms with Crippen LogP contribution >= 0.6 is 0 Å². The highest BCUT2D eigenvalue weighted by Gasteiger charge is 2.76. The zero-order valence-corrected chi connectivity index (χ0v) is 11.8. The van der Waals surface area contributed by atoms with Crippen LogP contribution in [-0.4, -0.2) is 22.5 Å². The molecule has 2 bridgehead atoms. The molecule has 0 N–H and O–H groups in total. The van der Waals surface area contributed by atoms with Gasteiger partial charge in [0.1, 0.15) is 5.75 Å². The molecule has 1 aliphatic carbocycles. The molecule has 2 fully saturated rings. The van der Waals surface area contributed by atoms with Crippen molar-refractivity contribution in [3.05, 3.63) is 24.5 Å². The van der Waals surface area contributed by atoms with E-state index in [1.807, 2.05) is 20.8 Å². The number of esters is 2. The summed E-state index contributed by atoms with van der Waals surface area (Å²) in [6, 6.07) is 3.34. The molecule has 1 aromatic rings. The minimum atomic E-state index is -1.19. The first-order chi connectivity index (χ1) is 9.33. The van der Waals surface area contributed by atoms with Crippen molar-refractivity contribution in [1.29, 1.82) is 0 Å². The van der Waals surface area contributed by atoms with Crippen molar-refractivity contribution in [2.75, 3.05) is 0 Å². The van der Waals surface area contributed by atoms with Crippen LogP contribution in [0.1, 0.15) is 33.6 Å². The highest BCUT2D eigenvalue weighted by Crippen LogP contribution is 2.65. The summed E-state index contributed by atoms with van der Waals surface area (Å²) in [6.07, 6.45) is 4.20. The largest absolute Gasteiger partial charge is 0.446 e. The standard InChI is InChI=1S/C15H17NO4/c1-13(2)14(3)6-7-15(13,20-11(14)17)12(18)19-10-5-4-8-16-9-10/h4-5,8-9H,6-7H2,1-3H3/t14-,15+/m0/s1. The molecule has 1 saturated carbocycles. The molecule has 1 aliphatic heterocycles. The summed E-state index contributed by atoms with van der Waals surface area (Å²) in [5, 5.41) is 0. The molecule has 2 atom stereocenters. The maximum Gasteiger partial charge on any atom is 0.356 e. The number of aromatic nitrogens is 1. The van der Waals surface area contributed by atoms with Gasteiger partial charge in [0.15, 0.2) is 0 Å². The molecule has 0 unspecified atom stereocenters. The van der Waals surface area contributed by atoms with E-state index in [2.05, 4.69) is 4.98 Å². The Morgan fingerprint density at radius 3 is 2.60 bits per heavy atom. The average Bonchev–Trinajstić information content (AvgIpc) is 2.70. The lowest BCUT2D eigenvalue weighted by Crippen LogP contribution is -2.50. The summed E-state index contributed by atoms with van der Waals surface area (Å²) in [6.45, 7) is 5.66. The molecule has 0 radical (unpaired) electrons. The van der Waals surface area contributed by atoms with Crippen molar-refractivity contribution < 1.29 is 19.1 Å². The second-order valence-corrected chi connectivity index (χ2v) is 6.25. The van der Waals surface area contributed by atoms with Crippen molar-refractivity contribution in [3.8, 4) is 5.75 Å². The molecular weight excluding hydrogens is 258 g/mol. The first kappa shape index (κ1) is 13.1. The molecule has 20 heavy (non-hydrogen) atoms. The van der Waals surface area contributed by atoms with Crippen LogP contribution < -0.4 is 4.74 Å². The van der Waals surface area contributed by atoms with E-state index in [-0.39, 0.29) is 5.97 Å². The van der Waals surface area contributed by atoms with Gasteiger partial charge in [-0.1, -0.05) is 13.8 Å². The van der Waals surface area contributed by atoms with Crippen LogP contribution in [0, 0.1) is 10.8 Å². The van der Waals surface area contributed by atoms with Gasteiger partial charge >= 0.3 is 11.9 Å². The highest BCUT2D eigenvalue weighted by atomic mass is 16.6. The van der Waals surface area contributed by atoms with E-state index in [9.17, 15) is 9.59 Å². The lowest BCUT2D eigenvalue weighted by molar-refractivity contribution is -0.176. The number of carbonyl (C=O) groups excluding carboxylic acids is 2. The van der Waals surface area contributed by atoms with E-state index < -0.39 is 22.4 Å². The van der Waals surface area contributed by atoms with E-state index in [4.69, 9.17) is 9.47 Å². The fourth-order valence-electron chi connectivity index (χ4n) is 3.30. The van der Waals surface area contributed by atoms with E-state index >= 15 is 0 Å². The number of hydrogen-bond acceptors (Lipinski definition) is 5. The van der Waals surface area contributed by atoms with E-state index in [1.54, 1.807) is 18.3 Å². The Labute approximate surface area is 117 Å². The predicted molar refractivity (Wildman–Crippen MR) is 69.8 cm³/mol. The van der Waals surface area contributed by atoms with Crippen molar-refractivity contribution in [3.63, 3.8) is 0 Å². The summed E-state index contributed by atoms with van der Waals surface area (Å²) < 4.78 is 10.8. The smallest absolute Gasteiger partial charge is 0.356 e. The number of carbonyl (C=O) groups is 2. The quantitative estimate of drug-likeness (QED) is 0.773. The third-order valence-electron chi connectivity index (χ3n) is 5.26. The number of pyridine rings is 1. The van der Waals surface area contributed by atoms with Crippen molar-refractivity contribution in [2.24, 2.45) is 10.8 Å². The first-order valence-electron chi connectivity index (χ1n) is 6.69. The number of nitrogens with zero attached hydrogens (tertiary/aromatic N) is 1. The Bertz CT molecular complexity index is 583. The second kappa shape index (κ2) is 3.81. The number of fused-ring (bicyclic) bond motifs is 2. The molecule has 0 aromatic carbocycles. The summed E-state index contributed by atoms with van der Waals surface area (Å²) in [7, 11) is 0. The molecule has 1 saturated heterocycles. The summed E-state index contributed by atoms with van der Waals surface area (Å²) >= 11 is 0. The van der Waals surface area contributed by atoms with Gasteiger partial charge in [0.2, 0.25) is 5.60 Å². The topological polar surface area (TPSA) is 65.5 Å². The Balaban J connectivity index is 1.94. The lowest BCUT2D eigenvalue weighted by atomic mass is 9.66. The fourth-order valence-corrected chi connectivity index (χ4v) is 3.30. The molecule has 0 spiro atoms. The van der Waals surface area contributed by atoms with Gasteiger partial charge in [0.25, 0.3) is 0 Å². The van der Waals surface area contributed by atoms with Gasteiger partial charge in [0.05, 0.1) is 11.6 Å². The third-order valence-corrected chi connectivity index (χ3v) is 5.26. The van der Waals surface area contributed by atoms with Crippen molar-refractivity contribution >= 4 is 11.9 Å². The van der Waals surface area contributed by atoms with E-state index in [0.29, 0.717) is 18.6 Å². The maximum atomic E-state index is 12.6. The van der Waals surface area contributed by atoms with Crippen LogP contribution in [-0.2, 0) is 14.3 Å². The lowest BCUT2D eigenvalue weighted by Gasteiger charge is -2.34. The van der Waals surface area contributed by atoms with Crippen LogP contribution in [0.2, 0.25) is 0 Å². The maximum absolute atomic E-state index is 12.6. The molecular formula is C15H17NO4. The Morgan fingerprint density at radius 2 is 2.10 bits per heavy atom. The average molecular weight is 275 g/mol. The van der Waals surface area contributed by atoms with Crippen LogP contribution in [0.5, 0.6) is 5.75 Å². The molecule has 2 heterocycles. The zero-order valence-electron chi connectivity index (χ0n) is 11.8. The SMILES string of the molecule is CC1(C)[C@@]2(C)CC[C@]1(C(=O)Oc1cccnc1)OC2=O. The molecule has 0 amide bonds. The molecule has 5 nitrogen and oxygen atoms in total. The normalized spacial score (nSPS) is 33.9. The Morgan fingerprint density at radius 1 is 1.35 bits per heavy atom. The van der Waals surface area contributed by atoms with Gasteiger partial charge < -0.3 is 9.47 Å².